The number of likely N-dealkylation sites (N-methyl/N-ethyl adjacent to an activating group) is 1. The minimum absolute atomic E-state index is 0.132. The largest absolute Gasteiger partial charge is 0.416 e. The molecule has 0 aliphatic carbocycles. The fourth-order valence-electron chi connectivity index (χ4n) is 2.50. The van der Waals surface area contributed by atoms with Gasteiger partial charge in [-0.05, 0) is 44.0 Å². The topological polar surface area (TPSA) is 38.1 Å². The van der Waals surface area contributed by atoms with Crippen molar-refractivity contribution in [3.8, 4) is 0 Å². The fourth-order valence-corrected chi connectivity index (χ4v) is 2.50. The normalized spacial score (nSPS) is 11.6. The molecule has 1 aromatic heterocycles. The summed E-state index contributed by atoms with van der Waals surface area (Å²) in [5.74, 6) is -0.132. The molecular formula is C17H20F3N3O. The summed E-state index contributed by atoms with van der Waals surface area (Å²) in [5.41, 5.74) is 1.36. The van der Waals surface area contributed by atoms with Crippen LogP contribution >= 0.6 is 0 Å². The number of aromatic nitrogens is 2. The number of alkyl halides is 3. The predicted molar refractivity (Wildman–Crippen MR) is 84.7 cm³/mol. The Balaban J connectivity index is 2.03. The van der Waals surface area contributed by atoms with Crippen molar-refractivity contribution in [2.75, 3.05) is 13.1 Å². The van der Waals surface area contributed by atoms with Crippen LogP contribution in [0.3, 0.4) is 0 Å². The van der Waals surface area contributed by atoms with Gasteiger partial charge in [0.1, 0.15) is 5.69 Å². The molecule has 0 radical (unpaired) electrons. The number of amides is 1. The van der Waals surface area contributed by atoms with Gasteiger partial charge in [-0.1, -0.05) is 12.1 Å². The van der Waals surface area contributed by atoms with Crippen molar-refractivity contribution in [2.24, 2.45) is 7.05 Å². The number of hydrogen-bond donors (Lipinski definition) is 0. The third-order valence-electron chi connectivity index (χ3n) is 3.84. The molecule has 0 aliphatic rings. The molecule has 0 atom stereocenters. The van der Waals surface area contributed by atoms with E-state index in [0.29, 0.717) is 25.2 Å². The van der Waals surface area contributed by atoms with Crippen LogP contribution in [-0.2, 0) is 19.6 Å². The van der Waals surface area contributed by atoms with Gasteiger partial charge in [0.2, 0.25) is 0 Å². The van der Waals surface area contributed by atoms with E-state index in [9.17, 15) is 18.0 Å². The van der Waals surface area contributed by atoms with Gasteiger partial charge in [0, 0.05) is 20.1 Å². The molecule has 7 heteroatoms. The van der Waals surface area contributed by atoms with Crippen LogP contribution in [0.2, 0.25) is 0 Å². The zero-order valence-electron chi connectivity index (χ0n) is 13.9. The summed E-state index contributed by atoms with van der Waals surface area (Å²) >= 11 is 0. The highest BCUT2D eigenvalue weighted by atomic mass is 19.4. The van der Waals surface area contributed by atoms with Crippen molar-refractivity contribution in [1.29, 1.82) is 0 Å². The van der Waals surface area contributed by atoms with E-state index in [1.807, 2.05) is 13.8 Å². The first kappa shape index (κ1) is 18.0. The maximum Gasteiger partial charge on any atom is 0.416 e. The molecule has 130 valence electrons. The molecule has 1 amide bonds. The van der Waals surface area contributed by atoms with Gasteiger partial charge >= 0.3 is 6.18 Å². The molecule has 1 aromatic carbocycles. The second-order valence-corrected chi connectivity index (χ2v) is 5.62. The van der Waals surface area contributed by atoms with Crippen molar-refractivity contribution >= 4 is 5.91 Å². The Hall–Kier alpha value is -2.31. The van der Waals surface area contributed by atoms with Crippen molar-refractivity contribution in [2.45, 2.75) is 26.4 Å². The predicted octanol–water partition coefficient (Wildman–Crippen LogP) is 3.45. The third-order valence-corrected chi connectivity index (χ3v) is 3.84. The summed E-state index contributed by atoms with van der Waals surface area (Å²) in [4.78, 5) is 14.2. The second-order valence-electron chi connectivity index (χ2n) is 5.62. The first-order valence-electron chi connectivity index (χ1n) is 7.68. The Labute approximate surface area is 138 Å². The molecule has 2 rings (SSSR count). The number of aryl methyl sites for hydroxylation is 2. The summed E-state index contributed by atoms with van der Waals surface area (Å²) in [5, 5.41) is 4.16. The van der Waals surface area contributed by atoms with E-state index in [-0.39, 0.29) is 5.91 Å². The molecule has 24 heavy (non-hydrogen) atoms. The number of nitrogens with zero attached hydrogens (tertiary/aromatic N) is 3. The van der Waals surface area contributed by atoms with Gasteiger partial charge in [0.15, 0.2) is 0 Å². The first-order valence-corrected chi connectivity index (χ1v) is 7.68. The van der Waals surface area contributed by atoms with Crippen LogP contribution in [0.5, 0.6) is 0 Å². The maximum atomic E-state index is 12.6. The van der Waals surface area contributed by atoms with Gasteiger partial charge in [-0.25, -0.2) is 0 Å². The number of carbonyl (C=O) groups is 1. The maximum absolute atomic E-state index is 12.6. The van der Waals surface area contributed by atoms with Gasteiger partial charge in [0.05, 0.1) is 11.3 Å². The van der Waals surface area contributed by atoms with E-state index in [1.165, 1.54) is 12.1 Å². The van der Waals surface area contributed by atoms with Gasteiger partial charge in [-0.2, -0.15) is 18.3 Å². The smallest absolute Gasteiger partial charge is 0.337 e. The van der Waals surface area contributed by atoms with Crippen LogP contribution in [0.4, 0.5) is 13.2 Å². The van der Waals surface area contributed by atoms with Crippen LogP contribution in [0.25, 0.3) is 0 Å². The average Bonchev–Trinajstić information content (AvgIpc) is 2.86. The number of hydrogen-bond acceptors (Lipinski definition) is 2. The number of rotatable bonds is 5. The molecule has 2 aromatic rings. The zero-order chi connectivity index (χ0) is 17.9. The summed E-state index contributed by atoms with van der Waals surface area (Å²) in [6, 6.07) is 6.77. The van der Waals surface area contributed by atoms with E-state index >= 15 is 0 Å². The van der Waals surface area contributed by atoms with Crippen LogP contribution in [0.1, 0.15) is 34.2 Å². The van der Waals surface area contributed by atoms with Crippen molar-refractivity contribution in [3.63, 3.8) is 0 Å². The number of carbonyl (C=O) groups excluding carboxylic acids is 1. The summed E-state index contributed by atoms with van der Waals surface area (Å²) in [6.07, 6.45) is -3.84. The van der Waals surface area contributed by atoms with Gasteiger partial charge in [0.25, 0.3) is 5.91 Å². The van der Waals surface area contributed by atoms with E-state index < -0.39 is 11.7 Å². The lowest BCUT2D eigenvalue weighted by atomic mass is 10.1. The van der Waals surface area contributed by atoms with E-state index in [1.54, 1.807) is 22.7 Å². The minimum atomic E-state index is -4.33. The molecule has 0 saturated carbocycles. The monoisotopic (exact) mass is 339 g/mol. The SMILES string of the molecule is CCN(CCc1ccc(C(F)(F)F)cc1)C(=O)c1cc(C)nn1C. The highest BCUT2D eigenvalue weighted by Crippen LogP contribution is 2.29. The molecule has 0 saturated heterocycles. The van der Waals surface area contributed by atoms with E-state index in [2.05, 4.69) is 5.10 Å². The first-order chi connectivity index (χ1) is 11.2. The number of benzene rings is 1. The molecule has 4 nitrogen and oxygen atoms in total. The lowest BCUT2D eigenvalue weighted by Crippen LogP contribution is -2.34. The molecule has 0 N–H and O–H groups in total. The lowest BCUT2D eigenvalue weighted by molar-refractivity contribution is -0.137. The Kier molecular flexibility index (Phi) is 5.31. The summed E-state index contributed by atoms with van der Waals surface area (Å²) < 4.78 is 39.2. The molecule has 1 heterocycles. The summed E-state index contributed by atoms with van der Waals surface area (Å²) in [6.45, 7) is 4.64. The zero-order valence-corrected chi connectivity index (χ0v) is 13.9. The highest BCUT2D eigenvalue weighted by Gasteiger charge is 2.29. The van der Waals surface area contributed by atoms with E-state index in [0.717, 1.165) is 23.4 Å². The summed E-state index contributed by atoms with van der Waals surface area (Å²) in [7, 11) is 1.71. The quantitative estimate of drug-likeness (QED) is 0.837. The van der Waals surface area contributed by atoms with Crippen molar-refractivity contribution in [3.05, 3.63) is 52.8 Å². The minimum Gasteiger partial charge on any atom is -0.337 e. The van der Waals surface area contributed by atoms with Crippen molar-refractivity contribution < 1.29 is 18.0 Å². The van der Waals surface area contributed by atoms with Crippen LogP contribution in [-0.4, -0.2) is 33.7 Å². The second kappa shape index (κ2) is 7.07. The van der Waals surface area contributed by atoms with Gasteiger partial charge < -0.3 is 4.90 Å². The van der Waals surface area contributed by atoms with E-state index in [4.69, 9.17) is 0 Å². The highest BCUT2D eigenvalue weighted by molar-refractivity contribution is 5.92. The molecule has 0 fully saturated rings. The van der Waals surface area contributed by atoms with Crippen LogP contribution in [0, 0.1) is 6.92 Å². The average molecular weight is 339 g/mol. The van der Waals surface area contributed by atoms with Crippen LogP contribution in [0.15, 0.2) is 30.3 Å². The molecule has 0 unspecified atom stereocenters. The fraction of sp³-hybridized carbons (Fsp3) is 0.412. The Bertz CT molecular complexity index is 705. The van der Waals surface area contributed by atoms with Crippen molar-refractivity contribution in [1.82, 2.24) is 14.7 Å². The Morgan fingerprint density at radius 3 is 2.33 bits per heavy atom. The molecular weight excluding hydrogens is 319 g/mol. The molecule has 0 aliphatic heterocycles. The standard InChI is InChI=1S/C17H20F3N3O/c1-4-23(16(24)15-11-12(2)21-22(15)3)10-9-13-5-7-14(8-6-13)17(18,19)20/h5-8,11H,4,9-10H2,1-3H3. The number of halogens is 3. The molecule has 0 spiro atoms. The van der Waals surface area contributed by atoms with Crippen LogP contribution < -0.4 is 0 Å². The lowest BCUT2D eigenvalue weighted by Gasteiger charge is -2.21. The Morgan fingerprint density at radius 1 is 1.25 bits per heavy atom. The van der Waals surface area contributed by atoms with Gasteiger partial charge in [-0.15, -0.1) is 0 Å². The Morgan fingerprint density at radius 2 is 1.88 bits per heavy atom. The third kappa shape index (κ3) is 4.15. The molecule has 0 bridgehead atoms. The van der Waals surface area contributed by atoms with Gasteiger partial charge in [-0.3, -0.25) is 9.48 Å².